The van der Waals surface area contributed by atoms with Gasteiger partial charge in [-0.1, -0.05) is 18.2 Å². The molecule has 170 valence electrons. The SMILES string of the molecule is CC(=O)Nc1ccc(CCCC(=O)NCCc2ccc3[nH]cc(CCN(C)C)c3c2)cc1. The van der Waals surface area contributed by atoms with Crippen molar-refractivity contribution in [1.82, 2.24) is 15.2 Å². The molecule has 0 saturated heterocycles. The molecule has 0 aliphatic carbocycles. The summed E-state index contributed by atoms with van der Waals surface area (Å²) in [5.74, 6) is 0.0152. The van der Waals surface area contributed by atoms with E-state index in [1.807, 2.05) is 24.3 Å². The van der Waals surface area contributed by atoms with E-state index in [1.54, 1.807) is 0 Å². The van der Waals surface area contributed by atoms with Gasteiger partial charge in [-0.15, -0.1) is 0 Å². The second kappa shape index (κ2) is 11.5. The number of H-pyrrole nitrogens is 1. The molecule has 6 nitrogen and oxygen atoms in total. The Morgan fingerprint density at radius 3 is 2.44 bits per heavy atom. The molecule has 1 aromatic heterocycles. The molecule has 0 spiro atoms. The van der Waals surface area contributed by atoms with Crippen LogP contribution in [0.1, 0.15) is 36.5 Å². The van der Waals surface area contributed by atoms with E-state index in [9.17, 15) is 9.59 Å². The molecule has 1 heterocycles. The first kappa shape index (κ1) is 23.5. The van der Waals surface area contributed by atoms with Crippen molar-refractivity contribution in [3.8, 4) is 0 Å². The fourth-order valence-corrected chi connectivity index (χ4v) is 3.78. The van der Waals surface area contributed by atoms with Crippen LogP contribution in [0.4, 0.5) is 5.69 Å². The molecule has 32 heavy (non-hydrogen) atoms. The molecule has 0 fully saturated rings. The summed E-state index contributed by atoms with van der Waals surface area (Å²) in [5.41, 5.74) is 5.70. The maximum Gasteiger partial charge on any atom is 0.221 e. The molecule has 2 amide bonds. The molecule has 3 N–H and O–H groups in total. The third-order valence-corrected chi connectivity index (χ3v) is 5.54. The lowest BCUT2D eigenvalue weighted by atomic mass is 10.1. The topological polar surface area (TPSA) is 77.2 Å². The average molecular weight is 435 g/mol. The van der Waals surface area contributed by atoms with Crippen LogP contribution in [0.15, 0.2) is 48.7 Å². The van der Waals surface area contributed by atoms with Gasteiger partial charge < -0.3 is 20.5 Å². The van der Waals surface area contributed by atoms with Crippen molar-refractivity contribution in [3.63, 3.8) is 0 Å². The Morgan fingerprint density at radius 1 is 0.969 bits per heavy atom. The Bertz CT molecular complexity index is 1040. The number of rotatable bonds is 11. The van der Waals surface area contributed by atoms with Gasteiger partial charge >= 0.3 is 0 Å². The summed E-state index contributed by atoms with van der Waals surface area (Å²) in [6, 6.07) is 14.3. The smallest absolute Gasteiger partial charge is 0.221 e. The van der Waals surface area contributed by atoms with Crippen LogP contribution in [0.25, 0.3) is 10.9 Å². The second-order valence-electron chi connectivity index (χ2n) is 8.58. The number of anilines is 1. The van der Waals surface area contributed by atoms with Crippen molar-refractivity contribution in [2.75, 3.05) is 32.5 Å². The summed E-state index contributed by atoms with van der Waals surface area (Å²) < 4.78 is 0. The molecule has 0 saturated carbocycles. The largest absolute Gasteiger partial charge is 0.361 e. The second-order valence-corrected chi connectivity index (χ2v) is 8.58. The van der Waals surface area contributed by atoms with Gasteiger partial charge in [0, 0.05) is 49.2 Å². The van der Waals surface area contributed by atoms with Crippen molar-refractivity contribution in [3.05, 3.63) is 65.4 Å². The normalized spacial score (nSPS) is 11.1. The fourth-order valence-electron chi connectivity index (χ4n) is 3.78. The van der Waals surface area contributed by atoms with E-state index in [-0.39, 0.29) is 11.8 Å². The van der Waals surface area contributed by atoms with Crippen LogP contribution < -0.4 is 10.6 Å². The Labute approximate surface area is 190 Å². The maximum atomic E-state index is 12.2. The third kappa shape index (κ3) is 7.24. The lowest BCUT2D eigenvalue weighted by Gasteiger charge is -2.09. The molecule has 0 unspecified atom stereocenters. The fraction of sp³-hybridized carbons (Fsp3) is 0.385. The highest BCUT2D eigenvalue weighted by Crippen LogP contribution is 2.21. The highest BCUT2D eigenvalue weighted by molar-refractivity contribution is 5.88. The zero-order chi connectivity index (χ0) is 22.9. The first-order valence-corrected chi connectivity index (χ1v) is 11.3. The number of aromatic amines is 1. The Morgan fingerprint density at radius 2 is 1.72 bits per heavy atom. The highest BCUT2D eigenvalue weighted by Gasteiger charge is 2.07. The zero-order valence-electron chi connectivity index (χ0n) is 19.3. The van der Waals surface area contributed by atoms with E-state index in [4.69, 9.17) is 0 Å². The van der Waals surface area contributed by atoms with E-state index >= 15 is 0 Å². The van der Waals surface area contributed by atoms with Gasteiger partial charge in [0.05, 0.1) is 0 Å². The first-order chi connectivity index (χ1) is 15.4. The van der Waals surface area contributed by atoms with Crippen molar-refractivity contribution in [1.29, 1.82) is 0 Å². The standard InChI is InChI=1S/C26H34N4O2/c1-19(31)29-23-10-7-20(8-11-23)5-4-6-26(32)27-15-13-21-9-12-25-24(17-21)22(18-28-25)14-16-30(2)3/h7-12,17-18,28H,4-6,13-16H2,1-3H3,(H,27,32)(H,29,31). The van der Waals surface area contributed by atoms with Crippen molar-refractivity contribution >= 4 is 28.4 Å². The van der Waals surface area contributed by atoms with Crippen molar-refractivity contribution in [2.45, 2.75) is 39.0 Å². The summed E-state index contributed by atoms with van der Waals surface area (Å²) in [5, 5.41) is 7.08. The molecule has 0 aliphatic rings. The predicted molar refractivity (Wildman–Crippen MR) is 131 cm³/mol. The number of likely N-dealkylation sites (N-methyl/N-ethyl adjacent to an activating group) is 1. The minimum Gasteiger partial charge on any atom is -0.361 e. The summed E-state index contributed by atoms with van der Waals surface area (Å²) >= 11 is 0. The van der Waals surface area contributed by atoms with Crippen LogP contribution in [0, 0.1) is 0 Å². The number of carbonyl (C=O) groups excluding carboxylic acids is 2. The number of nitrogens with zero attached hydrogens (tertiary/aromatic N) is 1. The molecule has 6 heteroatoms. The van der Waals surface area contributed by atoms with Crippen molar-refractivity contribution in [2.24, 2.45) is 0 Å². The van der Waals surface area contributed by atoms with Gasteiger partial charge in [-0.3, -0.25) is 9.59 Å². The molecule has 0 atom stereocenters. The van der Waals surface area contributed by atoms with Crippen LogP contribution in [0.3, 0.4) is 0 Å². The maximum absolute atomic E-state index is 12.2. The van der Waals surface area contributed by atoms with E-state index in [0.717, 1.165) is 49.0 Å². The predicted octanol–water partition coefficient (Wildman–Crippen LogP) is 3.91. The van der Waals surface area contributed by atoms with E-state index in [0.29, 0.717) is 13.0 Å². The van der Waals surface area contributed by atoms with E-state index < -0.39 is 0 Å². The van der Waals surface area contributed by atoms with Gasteiger partial charge in [0.2, 0.25) is 11.8 Å². The summed E-state index contributed by atoms with van der Waals surface area (Å²) in [6.07, 6.45) is 6.10. The minimum absolute atomic E-state index is 0.0767. The van der Waals surface area contributed by atoms with Crippen LogP contribution in [-0.4, -0.2) is 48.9 Å². The van der Waals surface area contributed by atoms with Gasteiger partial charge in [-0.05, 0) is 80.7 Å². The van der Waals surface area contributed by atoms with Gasteiger partial charge in [0.1, 0.15) is 0 Å². The van der Waals surface area contributed by atoms with Crippen LogP contribution in [0.5, 0.6) is 0 Å². The molecule has 2 aromatic carbocycles. The number of amides is 2. The van der Waals surface area contributed by atoms with Gasteiger partial charge in [0.15, 0.2) is 0 Å². The molecular formula is C26H34N4O2. The van der Waals surface area contributed by atoms with Gasteiger partial charge in [-0.2, -0.15) is 0 Å². The van der Waals surface area contributed by atoms with E-state index in [1.165, 1.54) is 23.4 Å². The van der Waals surface area contributed by atoms with Crippen LogP contribution >= 0.6 is 0 Å². The number of aromatic nitrogens is 1. The molecule has 0 aliphatic heterocycles. The number of fused-ring (bicyclic) bond motifs is 1. The molecule has 0 bridgehead atoms. The molecule has 3 aromatic rings. The van der Waals surface area contributed by atoms with Crippen molar-refractivity contribution < 1.29 is 9.59 Å². The lowest BCUT2D eigenvalue weighted by Crippen LogP contribution is -2.25. The number of carbonyl (C=O) groups is 2. The third-order valence-electron chi connectivity index (χ3n) is 5.54. The van der Waals surface area contributed by atoms with Gasteiger partial charge in [0.25, 0.3) is 0 Å². The van der Waals surface area contributed by atoms with Crippen LogP contribution in [0.2, 0.25) is 0 Å². The number of benzene rings is 2. The quantitative estimate of drug-likeness (QED) is 0.428. The molecule has 3 rings (SSSR count). The summed E-state index contributed by atoms with van der Waals surface area (Å²) in [6.45, 7) is 3.16. The number of aryl methyl sites for hydroxylation is 1. The highest BCUT2D eigenvalue weighted by atomic mass is 16.2. The summed E-state index contributed by atoms with van der Waals surface area (Å²) in [4.78, 5) is 28.8. The Balaban J connectivity index is 1.40. The van der Waals surface area contributed by atoms with E-state index in [2.05, 4.69) is 59.0 Å². The summed E-state index contributed by atoms with van der Waals surface area (Å²) in [7, 11) is 4.18. The lowest BCUT2D eigenvalue weighted by molar-refractivity contribution is -0.121. The Kier molecular flexibility index (Phi) is 8.45. The number of hydrogen-bond donors (Lipinski definition) is 3. The van der Waals surface area contributed by atoms with Gasteiger partial charge in [-0.25, -0.2) is 0 Å². The average Bonchev–Trinajstić information content (AvgIpc) is 3.15. The molecular weight excluding hydrogens is 400 g/mol. The first-order valence-electron chi connectivity index (χ1n) is 11.3. The van der Waals surface area contributed by atoms with Crippen LogP contribution in [-0.2, 0) is 28.9 Å². The zero-order valence-corrected chi connectivity index (χ0v) is 19.3. The monoisotopic (exact) mass is 434 g/mol. The Hall–Kier alpha value is -3.12. The minimum atomic E-state index is -0.0767. The number of nitrogens with one attached hydrogen (secondary N) is 3. The molecule has 0 radical (unpaired) electrons. The number of hydrogen-bond acceptors (Lipinski definition) is 3.